The van der Waals surface area contributed by atoms with E-state index < -0.39 is 9.93 Å². The topological polar surface area (TPSA) is 9.23 Å². The van der Waals surface area contributed by atoms with Crippen molar-refractivity contribution in [3.05, 3.63) is 87.6 Å². The third kappa shape index (κ3) is 1.96. The summed E-state index contributed by atoms with van der Waals surface area (Å²) in [4.78, 5) is 1.09. The normalized spacial score (nSPS) is 28.6. The van der Waals surface area contributed by atoms with Gasteiger partial charge in [-0.3, -0.25) is 0 Å². The summed E-state index contributed by atoms with van der Waals surface area (Å²) in [5.74, 6) is 0.977. The number of benzene rings is 2. The van der Waals surface area contributed by atoms with Crippen LogP contribution in [0.3, 0.4) is 0 Å². The third-order valence-corrected chi connectivity index (χ3v) is 7.53. The summed E-state index contributed by atoms with van der Waals surface area (Å²) in [5.41, 5.74) is 3.01. The van der Waals surface area contributed by atoms with Crippen molar-refractivity contribution in [1.29, 1.82) is 0 Å². The number of rotatable bonds is 2. The molecule has 0 saturated heterocycles. The number of aryl methyl sites for hydroxylation is 1. The van der Waals surface area contributed by atoms with Crippen molar-refractivity contribution in [2.75, 3.05) is 0 Å². The first kappa shape index (κ1) is 15.7. The minimum Gasteiger partial charge on any atom is -0.478 e. The van der Waals surface area contributed by atoms with E-state index in [1.807, 2.05) is 18.2 Å². The lowest BCUT2D eigenvalue weighted by atomic mass is 9.81. The number of thiophene rings is 1. The van der Waals surface area contributed by atoms with Gasteiger partial charge in [0.1, 0.15) is 5.75 Å². The SMILES string of the molecule is Cc1ccccc1[C@H]1c2ccccc2O[C@@]2(c3cccs3)[C@@H]1C2(Cl)Cl. The molecule has 1 aromatic heterocycles. The van der Waals surface area contributed by atoms with Crippen LogP contribution in [0.4, 0.5) is 0 Å². The van der Waals surface area contributed by atoms with Gasteiger partial charge < -0.3 is 4.74 Å². The van der Waals surface area contributed by atoms with Gasteiger partial charge in [-0.15, -0.1) is 11.3 Å². The summed E-state index contributed by atoms with van der Waals surface area (Å²) >= 11 is 15.4. The first-order chi connectivity index (χ1) is 12.1. The molecular formula is C21H16Cl2OS. The molecule has 2 heterocycles. The highest BCUT2D eigenvalue weighted by molar-refractivity contribution is 7.10. The monoisotopic (exact) mass is 386 g/mol. The van der Waals surface area contributed by atoms with E-state index in [0.717, 1.165) is 16.2 Å². The van der Waals surface area contributed by atoms with Crippen LogP contribution in [0.5, 0.6) is 5.75 Å². The summed E-state index contributed by atoms with van der Waals surface area (Å²) in [6.07, 6.45) is 0. The Labute approximate surface area is 161 Å². The fourth-order valence-corrected chi connectivity index (χ4v) is 6.35. The van der Waals surface area contributed by atoms with Crippen LogP contribution < -0.4 is 4.74 Å². The van der Waals surface area contributed by atoms with Gasteiger partial charge in [-0.25, -0.2) is 0 Å². The maximum absolute atomic E-state index is 6.90. The lowest BCUT2D eigenvalue weighted by Gasteiger charge is -2.31. The molecule has 126 valence electrons. The molecule has 5 rings (SSSR count). The molecule has 1 aliphatic carbocycles. The Balaban J connectivity index is 1.77. The van der Waals surface area contributed by atoms with Gasteiger partial charge in [-0.05, 0) is 35.6 Å². The van der Waals surface area contributed by atoms with Crippen LogP contribution in [0.2, 0.25) is 0 Å². The van der Waals surface area contributed by atoms with Gasteiger partial charge in [0, 0.05) is 11.5 Å². The van der Waals surface area contributed by atoms with Crippen molar-refractivity contribution >= 4 is 34.5 Å². The molecule has 0 unspecified atom stereocenters. The van der Waals surface area contributed by atoms with Crippen LogP contribution in [-0.2, 0) is 5.60 Å². The van der Waals surface area contributed by atoms with Crippen LogP contribution in [0.1, 0.15) is 27.5 Å². The second-order valence-electron chi connectivity index (χ2n) is 6.79. The molecule has 1 fully saturated rings. The van der Waals surface area contributed by atoms with Gasteiger partial charge in [0.05, 0.1) is 10.8 Å². The Kier molecular flexibility index (Phi) is 3.31. The fraction of sp³-hybridized carbons (Fsp3) is 0.238. The number of halogens is 2. The van der Waals surface area contributed by atoms with Crippen molar-refractivity contribution in [2.24, 2.45) is 5.92 Å². The van der Waals surface area contributed by atoms with Gasteiger partial charge in [0.15, 0.2) is 9.93 Å². The molecule has 2 aliphatic rings. The van der Waals surface area contributed by atoms with Crippen LogP contribution in [-0.4, -0.2) is 4.33 Å². The number of hydrogen-bond acceptors (Lipinski definition) is 2. The predicted molar refractivity (Wildman–Crippen MR) is 104 cm³/mol. The van der Waals surface area contributed by atoms with E-state index in [0.29, 0.717) is 0 Å². The molecule has 0 N–H and O–H groups in total. The molecule has 3 aromatic rings. The smallest absolute Gasteiger partial charge is 0.183 e. The summed E-state index contributed by atoms with van der Waals surface area (Å²) in [7, 11) is 0. The maximum Gasteiger partial charge on any atom is 0.183 e. The number of alkyl halides is 2. The first-order valence-electron chi connectivity index (χ1n) is 8.32. The zero-order valence-corrected chi connectivity index (χ0v) is 15.9. The first-order valence-corrected chi connectivity index (χ1v) is 9.96. The maximum atomic E-state index is 6.90. The van der Waals surface area contributed by atoms with E-state index in [4.69, 9.17) is 27.9 Å². The standard InChI is InChI=1S/C21H16Cl2OS/c1-13-7-2-3-8-14(13)18-15-9-4-5-10-16(15)24-20(17-11-6-12-25-17)19(18)21(20,22)23/h2-12,18-19H,1H3/t18-,19+,20-/m0/s1. The van der Waals surface area contributed by atoms with E-state index >= 15 is 0 Å². The molecule has 1 aliphatic heterocycles. The van der Waals surface area contributed by atoms with Gasteiger partial charge in [0.25, 0.3) is 0 Å². The summed E-state index contributed by atoms with van der Waals surface area (Å²) in [6.45, 7) is 2.15. The van der Waals surface area contributed by atoms with Crippen molar-refractivity contribution in [3.8, 4) is 5.75 Å². The van der Waals surface area contributed by atoms with Gasteiger partial charge >= 0.3 is 0 Å². The fourth-order valence-electron chi connectivity index (χ4n) is 4.31. The van der Waals surface area contributed by atoms with Crippen LogP contribution in [0.15, 0.2) is 66.0 Å². The Morgan fingerprint density at radius 1 is 0.920 bits per heavy atom. The minimum atomic E-state index is -0.955. The molecule has 25 heavy (non-hydrogen) atoms. The van der Waals surface area contributed by atoms with Crippen molar-refractivity contribution in [1.82, 2.24) is 0 Å². The molecule has 0 radical (unpaired) electrons. The predicted octanol–water partition coefficient (Wildman–Crippen LogP) is 6.28. The largest absolute Gasteiger partial charge is 0.478 e. The average Bonchev–Trinajstić information content (AvgIpc) is 2.98. The second kappa shape index (κ2) is 5.26. The quantitative estimate of drug-likeness (QED) is 0.470. The average molecular weight is 387 g/mol. The highest BCUT2D eigenvalue weighted by Gasteiger charge is 2.84. The second-order valence-corrected chi connectivity index (χ2v) is 9.12. The van der Waals surface area contributed by atoms with E-state index in [-0.39, 0.29) is 11.8 Å². The molecule has 0 spiro atoms. The Morgan fingerprint density at radius 2 is 1.64 bits per heavy atom. The highest BCUT2D eigenvalue weighted by atomic mass is 35.5. The molecule has 1 saturated carbocycles. The summed E-state index contributed by atoms with van der Waals surface area (Å²) in [5, 5.41) is 2.05. The molecule has 2 aromatic carbocycles. The van der Waals surface area contributed by atoms with Crippen LogP contribution >= 0.6 is 34.5 Å². The number of fused-ring (bicyclic) bond motifs is 2. The third-order valence-electron chi connectivity index (χ3n) is 5.51. The minimum absolute atomic E-state index is 0.0158. The van der Waals surface area contributed by atoms with Gasteiger partial charge in [-0.2, -0.15) is 0 Å². The highest BCUT2D eigenvalue weighted by Crippen LogP contribution is 2.77. The van der Waals surface area contributed by atoms with E-state index in [2.05, 4.69) is 54.8 Å². The van der Waals surface area contributed by atoms with Gasteiger partial charge in [0.2, 0.25) is 0 Å². The molecule has 4 heteroatoms. The number of para-hydroxylation sites is 1. The number of ether oxygens (including phenoxy) is 1. The lowest BCUT2D eigenvalue weighted by Crippen LogP contribution is -2.28. The van der Waals surface area contributed by atoms with Crippen LogP contribution in [0, 0.1) is 12.8 Å². The zero-order chi connectivity index (χ0) is 17.2. The summed E-state index contributed by atoms with van der Waals surface area (Å²) < 4.78 is 5.54. The van der Waals surface area contributed by atoms with E-state index in [9.17, 15) is 0 Å². The molecule has 0 bridgehead atoms. The molecule has 1 nitrogen and oxygen atoms in total. The zero-order valence-electron chi connectivity index (χ0n) is 13.6. The lowest BCUT2D eigenvalue weighted by molar-refractivity contribution is 0.141. The van der Waals surface area contributed by atoms with Crippen molar-refractivity contribution in [2.45, 2.75) is 22.8 Å². The van der Waals surface area contributed by atoms with E-state index in [1.54, 1.807) is 11.3 Å². The van der Waals surface area contributed by atoms with Gasteiger partial charge in [-0.1, -0.05) is 71.7 Å². The van der Waals surface area contributed by atoms with E-state index in [1.165, 1.54) is 11.1 Å². The molecule has 3 atom stereocenters. The number of hydrogen-bond donors (Lipinski definition) is 0. The van der Waals surface area contributed by atoms with Crippen molar-refractivity contribution in [3.63, 3.8) is 0 Å². The van der Waals surface area contributed by atoms with Crippen molar-refractivity contribution < 1.29 is 4.74 Å². The Hall–Kier alpha value is -1.48. The molecular weight excluding hydrogens is 371 g/mol. The Bertz CT molecular complexity index is 950. The molecule has 0 amide bonds. The van der Waals surface area contributed by atoms with Crippen LogP contribution in [0.25, 0.3) is 0 Å². The Morgan fingerprint density at radius 3 is 2.36 bits per heavy atom. The summed E-state index contributed by atoms with van der Waals surface area (Å²) in [6, 6.07) is 20.8.